The van der Waals surface area contributed by atoms with Crippen molar-refractivity contribution in [3.63, 3.8) is 0 Å². The highest BCUT2D eigenvalue weighted by atomic mass is 32.2. The Bertz CT molecular complexity index is 1190. The van der Waals surface area contributed by atoms with E-state index in [1.54, 1.807) is 30.3 Å². The summed E-state index contributed by atoms with van der Waals surface area (Å²) in [5.41, 5.74) is 1.73. The summed E-state index contributed by atoms with van der Waals surface area (Å²) in [6, 6.07) is 22.8. The van der Waals surface area contributed by atoms with E-state index < -0.39 is 15.8 Å². The number of hydrogen-bond donors (Lipinski definition) is 0. The van der Waals surface area contributed by atoms with Gasteiger partial charge in [-0.05, 0) is 48.5 Å². The van der Waals surface area contributed by atoms with Crippen LogP contribution in [-0.4, -0.2) is 13.4 Å². The van der Waals surface area contributed by atoms with E-state index in [0.717, 1.165) is 17.7 Å². The number of benzene rings is 3. The molecule has 0 saturated carbocycles. The Hall–Kier alpha value is -3.45. The zero-order valence-corrected chi connectivity index (χ0v) is 16.1. The van der Waals surface area contributed by atoms with Gasteiger partial charge in [-0.3, -0.25) is 4.31 Å². The standard InChI is InChI=1S/C22H17FN2O3S/c23-18-11-13-21(14-12-18)29(26,27)25(20-9-5-2-6-10-20)15-19-16-28-22(24-19)17-7-3-1-4-8-17/h1-14,16H,15H2. The van der Waals surface area contributed by atoms with E-state index in [2.05, 4.69) is 4.98 Å². The summed E-state index contributed by atoms with van der Waals surface area (Å²) in [6.07, 6.45) is 1.44. The van der Waals surface area contributed by atoms with Crippen molar-refractivity contribution in [2.45, 2.75) is 11.4 Å². The lowest BCUT2D eigenvalue weighted by molar-refractivity contribution is 0.572. The lowest BCUT2D eigenvalue weighted by Crippen LogP contribution is -2.30. The molecule has 4 rings (SSSR count). The van der Waals surface area contributed by atoms with Gasteiger partial charge < -0.3 is 4.42 Å². The summed E-state index contributed by atoms with van der Waals surface area (Å²) in [7, 11) is -3.94. The first-order valence-electron chi connectivity index (χ1n) is 8.87. The van der Waals surface area contributed by atoms with Crippen LogP contribution in [0.1, 0.15) is 5.69 Å². The van der Waals surface area contributed by atoms with Gasteiger partial charge in [0.15, 0.2) is 0 Å². The topological polar surface area (TPSA) is 63.4 Å². The third-order valence-electron chi connectivity index (χ3n) is 4.32. The Morgan fingerprint density at radius 3 is 2.14 bits per heavy atom. The minimum absolute atomic E-state index is 0.00506. The Kier molecular flexibility index (Phi) is 5.14. The molecular formula is C22H17FN2O3S. The van der Waals surface area contributed by atoms with Crippen LogP contribution in [0.4, 0.5) is 10.1 Å². The van der Waals surface area contributed by atoms with Crippen molar-refractivity contribution >= 4 is 15.7 Å². The number of anilines is 1. The number of halogens is 1. The monoisotopic (exact) mass is 408 g/mol. The number of hydrogen-bond acceptors (Lipinski definition) is 4. The number of oxazole rings is 1. The van der Waals surface area contributed by atoms with Gasteiger partial charge in [-0.2, -0.15) is 0 Å². The Morgan fingerprint density at radius 1 is 0.862 bits per heavy atom. The van der Waals surface area contributed by atoms with E-state index in [9.17, 15) is 12.8 Å². The lowest BCUT2D eigenvalue weighted by atomic mass is 10.2. The molecule has 5 nitrogen and oxygen atoms in total. The maximum absolute atomic E-state index is 13.3. The predicted molar refractivity (Wildman–Crippen MR) is 108 cm³/mol. The van der Waals surface area contributed by atoms with Gasteiger partial charge in [-0.25, -0.2) is 17.8 Å². The molecule has 7 heteroatoms. The quantitative estimate of drug-likeness (QED) is 0.456. The summed E-state index contributed by atoms with van der Waals surface area (Å²) in [5, 5.41) is 0. The van der Waals surface area contributed by atoms with Gasteiger partial charge in [0.1, 0.15) is 17.8 Å². The fourth-order valence-electron chi connectivity index (χ4n) is 2.88. The predicted octanol–water partition coefficient (Wildman–Crippen LogP) is 4.88. The van der Waals surface area contributed by atoms with Gasteiger partial charge in [0.05, 0.1) is 17.1 Å². The van der Waals surface area contributed by atoms with Crippen LogP contribution in [0.2, 0.25) is 0 Å². The van der Waals surface area contributed by atoms with Crippen LogP contribution in [0.15, 0.2) is 101 Å². The minimum Gasteiger partial charge on any atom is -0.444 e. The second-order valence-electron chi connectivity index (χ2n) is 6.31. The van der Waals surface area contributed by atoms with Crippen LogP contribution in [0.5, 0.6) is 0 Å². The number of sulfonamides is 1. The largest absolute Gasteiger partial charge is 0.444 e. The van der Waals surface area contributed by atoms with Crippen LogP contribution < -0.4 is 4.31 Å². The number of aromatic nitrogens is 1. The molecule has 4 aromatic rings. The highest BCUT2D eigenvalue weighted by Gasteiger charge is 2.26. The van der Waals surface area contributed by atoms with Crippen LogP contribution in [-0.2, 0) is 16.6 Å². The summed E-state index contributed by atoms with van der Waals surface area (Å²) in [5.74, 6) is -0.0907. The van der Waals surface area contributed by atoms with Gasteiger partial charge in [0.25, 0.3) is 10.0 Å². The first-order chi connectivity index (χ1) is 14.0. The molecule has 0 aliphatic carbocycles. The van der Waals surface area contributed by atoms with E-state index in [0.29, 0.717) is 17.3 Å². The van der Waals surface area contributed by atoms with Crippen molar-refractivity contribution in [2.75, 3.05) is 4.31 Å². The molecule has 0 N–H and O–H groups in total. The molecular weight excluding hydrogens is 391 g/mol. The molecule has 0 aliphatic rings. The summed E-state index contributed by atoms with van der Waals surface area (Å²) in [6.45, 7) is -0.0277. The Morgan fingerprint density at radius 2 is 1.48 bits per heavy atom. The molecule has 0 unspecified atom stereocenters. The molecule has 0 fully saturated rings. The fourth-order valence-corrected chi connectivity index (χ4v) is 4.32. The second-order valence-corrected chi connectivity index (χ2v) is 8.17. The molecule has 1 aromatic heterocycles. The SMILES string of the molecule is O=S(=O)(c1ccc(F)cc1)N(Cc1coc(-c2ccccc2)n1)c1ccccc1. The van der Waals surface area contributed by atoms with Crippen molar-refractivity contribution in [1.29, 1.82) is 0 Å². The Labute approximate surface area is 168 Å². The van der Waals surface area contributed by atoms with Crippen molar-refractivity contribution < 1.29 is 17.2 Å². The van der Waals surface area contributed by atoms with Gasteiger partial charge in [-0.1, -0.05) is 36.4 Å². The smallest absolute Gasteiger partial charge is 0.264 e. The first-order valence-corrected chi connectivity index (χ1v) is 10.3. The molecule has 29 heavy (non-hydrogen) atoms. The highest BCUT2D eigenvalue weighted by Crippen LogP contribution is 2.27. The number of nitrogens with zero attached hydrogens (tertiary/aromatic N) is 2. The Balaban J connectivity index is 1.71. The maximum Gasteiger partial charge on any atom is 0.264 e. The molecule has 0 aliphatic heterocycles. The average Bonchev–Trinajstić information content (AvgIpc) is 3.22. The van der Waals surface area contributed by atoms with E-state index >= 15 is 0 Å². The van der Waals surface area contributed by atoms with Gasteiger partial charge in [0, 0.05) is 5.56 Å². The normalized spacial score (nSPS) is 11.3. The van der Waals surface area contributed by atoms with Crippen molar-refractivity contribution in [3.05, 3.63) is 103 Å². The lowest BCUT2D eigenvalue weighted by Gasteiger charge is -2.23. The molecule has 3 aromatic carbocycles. The summed E-state index contributed by atoms with van der Waals surface area (Å²) in [4.78, 5) is 4.43. The van der Waals surface area contributed by atoms with E-state index in [-0.39, 0.29) is 11.4 Å². The van der Waals surface area contributed by atoms with Crippen LogP contribution in [0.3, 0.4) is 0 Å². The van der Waals surface area contributed by atoms with Crippen LogP contribution in [0.25, 0.3) is 11.5 Å². The first kappa shape index (κ1) is 18.9. The second kappa shape index (κ2) is 7.89. The number of rotatable bonds is 6. The van der Waals surface area contributed by atoms with E-state index in [4.69, 9.17) is 4.42 Å². The molecule has 146 valence electrons. The van der Waals surface area contributed by atoms with Crippen molar-refractivity contribution in [2.24, 2.45) is 0 Å². The molecule has 0 amide bonds. The summed E-state index contributed by atoms with van der Waals surface area (Å²) >= 11 is 0. The van der Waals surface area contributed by atoms with E-state index in [1.807, 2.05) is 30.3 Å². The van der Waals surface area contributed by atoms with E-state index in [1.165, 1.54) is 22.7 Å². The molecule has 0 atom stereocenters. The van der Waals surface area contributed by atoms with Gasteiger partial charge in [-0.15, -0.1) is 0 Å². The fraction of sp³-hybridized carbons (Fsp3) is 0.0455. The van der Waals surface area contributed by atoms with Crippen molar-refractivity contribution in [1.82, 2.24) is 4.98 Å². The third kappa shape index (κ3) is 4.05. The molecule has 0 saturated heterocycles. The molecule has 0 radical (unpaired) electrons. The highest BCUT2D eigenvalue weighted by molar-refractivity contribution is 7.92. The van der Waals surface area contributed by atoms with Gasteiger partial charge in [0.2, 0.25) is 5.89 Å². The maximum atomic E-state index is 13.3. The molecule has 1 heterocycles. The van der Waals surface area contributed by atoms with Crippen LogP contribution >= 0.6 is 0 Å². The minimum atomic E-state index is -3.94. The van der Waals surface area contributed by atoms with Crippen molar-refractivity contribution in [3.8, 4) is 11.5 Å². The zero-order valence-electron chi connectivity index (χ0n) is 15.3. The average molecular weight is 408 g/mol. The molecule has 0 bridgehead atoms. The molecule has 0 spiro atoms. The van der Waals surface area contributed by atoms with Crippen LogP contribution in [0, 0.1) is 5.82 Å². The third-order valence-corrected chi connectivity index (χ3v) is 6.11. The zero-order chi connectivity index (χ0) is 20.3. The number of para-hydroxylation sites is 1. The van der Waals surface area contributed by atoms with Gasteiger partial charge >= 0.3 is 0 Å². The summed E-state index contributed by atoms with van der Waals surface area (Å²) < 4.78 is 46.6.